The highest BCUT2D eigenvalue weighted by atomic mass is 32.2. The minimum atomic E-state index is -4.07. The summed E-state index contributed by atoms with van der Waals surface area (Å²) < 4.78 is 48.6. The van der Waals surface area contributed by atoms with Gasteiger partial charge in [-0.1, -0.05) is 18.2 Å². The van der Waals surface area contributed by atoms with Gasteiger partial charge in [-0.3, -0.25) is 10.2 Å². The fourth-order valence-corrected chi connectivity index (χ4v) is 3.15. The van der Waals surface area contributed by atoms with Gasteiger partial charge in [0.25, 0.3) is 15.9 Å². The molecule has 1 atom stereocenters. The third kappa shape index (κ3) is 4.70. The number of hydrogen-bond acceptors (Lipinski definition) is 5. The van der Waals surface area contributed by atoms with Crippen molar-refractivity contribution in [2.24, 2.45) is 0 Å². The van der Waals surface area contributed by atoms with E-state index in [0.29, 0.717) is 5.56 Å². The second kappa shape index (κ2) is 8.15. The number of nitrogens with one attached hydrogen (secondary N) is 2. The van der Waals surface area contributed by atoms with Crippen molar-refractivity contribution in [1.82, 2.24) is 10.3 Å². The van der Waals surface area contributed by atoms with Crippen LogP contribution < -0.4 is 19.7 Å². The van der Waals surface area contributed by atoms with Crippen LogP contribution in [0.15, 0.2) is 47.4 Å². The molecule has 0 radical (unpaired) electrons. The van der Waals surface area contributed by atoms with E-state index in [1.165, 1.54) is 44.4 Å². The Morgan fingerprint density at radius 2 is 1.85 bits per heavy atom. The molecular formula is C17H19FN2O5S. The number of ether oxygens (including phenoxy) is 2. The molecule has 0 aromatic heterocycles. The summed E-state index contributed by atoms with van der Waals surface area (Å²) in [6, 6.07) is 10.2. The molecule has 0 bridgehead atoms. The van der Waals surface area contributed by atoms with E-state index in [-0.39, 0.29) is 16.4 Å². The Morgan fingerprint density at radius 3 is 2.50 bits per heavy atom. The van der Waals surface area contributed by atoms with Gasteiger partial charge in [0.05, 0.1) is 7.11 Å². The predicted molar refractivity (Wildman–Crippen MR) is 92.7 cm³/mol. The van der Waals surface area contributed by atoms with Crippen molar-refractivity contribution in [3.63, 3.8) is 0 Å². The average Bonchev–Trinajstić information content (AvgIpc) is 2.61. The third-order valence-electron chi connectivity index (χ3n) is 3.43. The topological polar surface area (TPSA) is 93.7 Å². The van der Waals surface area contributed by atoms with Crippen LogP contribution in [0.5, 0.6) is 11.5 Å². The van der Waals surface area contributed by atoms with E-state index >= 15 is 0 Å². The molecule has 140 valence electrons. The maximum Gasteiger partial charge on any atom is 0.275 e. The van der Waals surface area contributed by atoms with Crippen LogP contribution in [-0.4, -0.2) is 27.5 Å². The molecule has 9 heteroatoms. The lowest BCUT2D eigenvalue weighted by molar-refractivity contribution is -0.127. The number of carbonyl (C=O) groups is 1. The molecule has 2 aromatic rings. The van der Waals surface area contributed by atoms with E-state index in [1.54, 1.807) is 19.1 Å². The molecule has 2 N–H and O–H groups in total. The molecule has 2 aromatic carbocycles. The van der Waals surface area contributed by atoms with E-state index < -0.39 is 27.9 Å². The first-order valence-electron chi connectivity index (χ1n) is 7.62. The second-order valence-electron chi connectivity index (χ2n) is 5.44. The molecule has 0 saturated heterocycles. The van der Waals surface area contributed by atoms with Crippen LogP contribution in [0.3, 0.4) is 0 Å². The molecule has 0 saturated carbocycles. The molecule has 0 unspecified atom stereocenters. The zero-order valence-electron chi connectivity index (χ0n) is 14.4. The Morgan fingerprint density at radius 1 is 1.15 bits per heavy atom. The zero-order chi connectivity index (χ0) is 19.3. The summed E-state index contributed by atoms with van der Waals surface area (Å²) in [5.41, 5.74) is 2.75. The van der Waals surface area contributed by atoms with Crippen molar-refractivity contribution >= 4 is 15.9 Å². The van der Waals surface area contributed by atoms with Gasteiger partial charge in [0.2, 0.25) is 0 Å². The number of hydrazine groups is 1. The van der Waals surface area contributed by atoms with E-state index in [1.807, 2.05) is 4.83 Å². The highest BCUT2D eigenvalue weighted by Crippen LogP contribution is 2.24. The number of methoxy groups -OCH3 is 1. The number of para-hydroxylation sites is 1. The van der Waals surface area contributed by atoms with Crippen molar-refractivity contribution < 1.29 is 27.1 Å². The van der Waals surface area contributed by atoms with Gasteiger partial charge in [-0.15, -0.1) is 4.83 Å². The van der Waals surface area contributed by atoms with Gasteiger partial charge >= 0.3 is 0 Å². The summed E-state index contributed by atoms with van der Waals surface area (Å²) >= 11 is 0. The van der Waals surface area contributed by atoms with Gasteiger partial charge in [0.15, 0.2) is 17.7 Å². The molecule has 2 rings (SSSR count). The van der Waals surface area contributed by atoms with Crippen LogP contribution in [0.1, 0.15) is 12.5 Å². The number of amides is 1. The standard InChI is InChI=1S/C17H19FN2O5S/c1-11-8-9-15(24-3)16(10-11)26(22,23)20-19-17(21)12(2)25-14-7-5-4-6-13(14)18/h4-10,12,20H,1-3H3,(H,19,21)/t12-/m1/s1. The second-order valence-corrected chi connectivity index (χ2v) is 7.09. The first kappa shape index (κ1) is 19.7. The van der Waals surface area contributed by atoms with Crippen LogP contribution in [0.25, 0.3) is 0 Å². The lowest BCUT2D eigenvalue weighted by Gasteiger charge is -2.16. The largest absolute Gasteiger partial charge is 0.495 e. The maximum atomic E-state index is 13.5. The molecule has 0 fully saturated rings. The minimum Gasteiger partial charge on any atom is -0.495 e. The Kier molecular flexibility index (Phi) is 6.17. The van der Waals surface area contributed by atoms with Crippen LogP contribution in [-0.2, 0) is 14.8 Å². The van der Waals surface area contributed by atoms with Gasteiger partial charge in [-0.05, 0) is 43.7 Å². The van der Waals surface area contributed by atoms with E-state index in [9.17, 15) is 17.6 Å². The maximum absolute atomic E-state index is 13.5. The Bertz CT molecular complexity index is 902. The summed E-state index contributed by atoms with van der Waals surface area (Å²) in [5, 5.41) is 0. The molecule has 0 heterocycles. The normalized spacial score (nSPS) is 12.3. The van der Waals surface area contributed by atoms with E-state index in [0.717, 1.165) is 0 Å². The lowest BCUT2D eigenvalue weighted by atomic mass is 10.2. The van der Waals surface area contributed by atoms with Crippen molar-refractivity contribution in [2.75, 3.05) is 7.11 Å². The molecule has 1 amide bonds. The summed E-state index contributed by atoms with van der Waals surface area (Å²) in [4.78, 5) is 13.9. The molecular weight excluding hydrogens is 363 g/mol. The molecule has 7 nitrogen and oxygen atoms in total. The van der Waals surface area contributed by atoms with Gasteiger partial charge in [-0.25, -0.2) is 12.8 Å². The number of benzene rings is 2. The lowest BCUT2D eigenvalue weighted by Crippen LogP contribution is -2.47. The minimum absolute atomic E-state index is 0.113. The molecule has 0 spiro atoms. The van der Waals surface area contributed by atoms with Gasteiger partial charge in [-0.2, -0.15) is 0 Å². The van der Waals surface area contributed by atoms with Crippen molar-refractivity contribution in [1.29, 1.82) is 0 Å². The van der Waals surface area contributed by atoms with Crippen molar-refractivity contribution in [2.45, 2.75) is 24.8 Å². The van der Waals surface area contributed by atoms with Crippen LogP contribution >= 0.6 is 0 Å². The number of carbonyl (C=O) groups excluding carboxylic acids is 1. The van der Waals surface area contributed by atoms with Crippen LogP contribution in [0.4, 0.5) is 4.39 Å². The first-order valence-corrected chi connectivity index (χ1v) is 9.10. The number of halogens is 1. The predicted octanol–water partition coefficient (Wildman–Crippen LogP) is 1.92. The Balaban J connectivity index is 2.06. The number of rotatable bonds is 7. The molecule has 0 aliphatic heterocycles. The highest BCUT2D eigenvalue weighted by Gasteiger charge is 2.23. The summed E-state index contributed by atoms with van der Waals surface area (Å²) in [5.74, 6) is -1.40. The molecule has 0 aliphatic carbocycles. The van der Waals surface area contributed by atoms with Gasteiger partial charge in [0, 0.05) is 0 Å². The number of hydrogen-bond donors (Lipinski definition) is 2. The third-order valence-corrected chi connectivity index (χ3v) is 4.70. The average molecular weight is 382 g/mol. The Hall–Kier alpha value is -2.65. The zero-order valence-corrected chi connectivity index (χ0v) is 15.3. The number of aryl methyl sites for hydroxylation is 1. The van der Waals surface area contributed by atoms with E-state index in [4.69, 9.17) is 9.47 Å². The first-order chi connectivity index (χ1) is 12.2. The van der Waals surface area contributed by atoms with Gasteiger partial charge < -0.3 is 9.47 Å². The fraction of sp³-hybridized carbons (Fsp3) is 0.235. The van der Waals surface area contributed by atoms with E-state index in [2.05, 4.69) is 5.43 Å². The van der Waals surface area contributed by atoms with Gasteiger partial charge in [0.1, 0.15) is 10.6 Å². The smallest absolute Gasteiger partial charge is 0.275 e. The summed E-state index contributed by atoms with van der Waals surface area (Å²) in [6.07, 6.45) is -1.13. The Labute approximate surface area is 151 Å². The monoisotopic (exact) mass is 382 g/mol. The van der Waals surface area contributed by atoms with Crippen LogP contribution in [0.2, 0.25) is 0 Å². The fourth-order valence-electron chi connectivity index (χ4n) is 2.05. The van der Waals surface area contributed by atoms with Crippen LogP contribution in [0, 0.1) is 12.7 Å². The summed E-state index contributed by atoms with van der Waals surface area (Å²) in [6.45, 7) is 3.09. The van der Waals surface area contributed by atoms with Crippen molar-refractivity contribution in [3.05, 3.63) is 53.8 Å². The molecule has 26 heavy (non-hydrogen) atoms. The molecule has 0 aliphatic rings. The summed E-state index contributed by atoms with van der Waals surface area (Å²) in [7, 11) is -2.73. The van der Waals surface area contributed by atoms with Crippen molar-refractivity contribution in [3.8, 4) is 11.5 Å². The quantitative estimate of drug-likeness (QED) is 0.714. The SMILES string of the molecule is COc1ccc(C)cc1S(=O)(=O)NNC(=O)[C@@H](C)Oc1ccccc1F. The number of sulfonamides is 1. The highest BCUT2D eigenvalue weighted by molar-refractivity contribution is 7.89.